The normalized spacial score (nSPS) is 5.42. The first-order valence-electron chi connectivity index (χ1n) is 1.80. The maximum Gasteiger partial charge on any atom is 1.00 e. The van der Waals surface area contributed by atoms with E-state index in [-0.39, 0.29) is 103 Å². The molecule has 0 aliphatic rings. The molecule has 64 valence electrons. The molecule has 0 unspecified atom stereocenters. The number of carboxylic acid groups (broad SMARTS) is 2. The van der Waals surface area contributed by atoms with E-state index in [1.807, 2.05) is 0 Å². The summed E-state index contributed by atoms with van der Waals surface area (Å²) in [6.07, 6.45) is 0.944. The van der Waals surface area contributed by atoms with Gasteiger partial charge in [0.05, 0.1) is 0 Å². The van der Waals surface area contributed by atoms with Crippen molar-refractivity contribution in [2.24, 2.45) is 0 Å². The van der Waals surface area contributed by atoms with E-state index in [4.69, 9.17) is 25.5 Å². The fourth-order valence-electron chi connectivity index (χ4n) is 0. The number of rotatable bonds is 0. The summed E-state index contributed by atoms with van der Waals surface area (Å²) in [6, 6.07) is 0. The van der Waals surface area contributed by atoms with Gasteiger partial charge in [0.1, 0.15) is 0 Å². The van der Waals surface area contributed by atoms with Gasteiger partial charge < -0.3 is 15.0 Å². The molecule has 9 heteroatoms. The summed E-state index contributed by atoms with van der Waals surface area (Å²) in [5.74, 6) is 0. The Morgan fingerprint density at radius 1 is 1.17 bits per heavy atom. The van der Waals surface area contributed by atoms with E-state index < -0.39 is 17.0 Å². The first kappa shape index (κ1) is 29.3. The van der Waals surface area contributed by atoms with Crippen LogP contribution in [0.5, 0.6) is 0 Å². The van der Waals surface area contributed by atoms with Crippen molar-refractivity contribution in [3.8, 4) is 0 Å². The summed E-state index contributed by atoms with van der Waals surface area (Å²) in [5, 5.41) is 28.7. The molecule has 0 heterocycles. The standard InChI is InChI=1S/C2H6OS.CH2O3.2K.H2O2/c1-4(2)3;2-1(3)4;;;1-2/h1-2H3;(H2,2,3,4);;;1-2H/q;;2*+1;/p-2. The van der Waals surface area contributed by atoms with Crippen LogP contribution in [-0.2, 0) is 10.8 Å². The van der Waals surface area contributed by atoms with E-state index in [1.165, 1.54) is 0 Å². The third-order valence-corrected chi connectivity index (χ3v) is 0. The first-order valence-corrected chi connectivity index (χ1v) is 3.76. The third kappa shape index (κ3) is 249. The van der Waals surface area contributed by atoms with Crippen molar-refractivity contribution in [1.82, 2.24) is 0 Å². The Morgan fingerprint density at radius 2 is 1.17 bits per heavy atom. The minimum atomic E-state index is -2.33. The Labute approximate surface area is 158 Å². The van der Waals surface area contributed by atoms with E-state index in [9.17, 15) is 4.21 Å². The molecule has 0 aromatic carbocycles. The Kier molecular flexibility index (Phi) is 71.3. The summed E-state index contributed by atoms with van der Waals surface area (Å²) in [7, 11) is -0.611. The van der Waals surface area contributed by atoms with E-state index in [1.54, 1.807) is 12.5 Å². The largest absolute Gasteiger partial charge is 1.00 e. The minimum Gasteiger partial charge on any atom is -0.652 e. The molecular weight excluding hydrogens is 242 g/mol. The van der Waals surface area contributed by atoms with Gasteiger partial charge in [-0.25, -0.2) is 0 Å². The first-order chi connectivity index (χ1) is 4.46. The van der Waals surface area contributed by atoms with Gasteiger partial charge in [-0.2, -0.15) is 0 Å². The van der Waals surface area contributed by atoms with Crippen LogP contribution in [0.2, 0.25) is 0 Å². The van der Waals surface area contributed by atoms with E-state index in [0.29, 0.717) is 0 Å². The van der Waals surface area contributed by atoms with Gasteiger partial charge in [0.15, 0.2) is 0 Å². The maximum atomic E-state index is 9.56. The fourth-order valence-corrected chi connectivity index (χ4v) is 0. The summed E-state index contributed by atoms with van der Waals surface area (Å²) in [5.41, 5.74) is 0. The predicted molar refractivity (Wildman–Crippen MR) is 30.6 cm³/mol. The molecule has 0 aliphatic carbocycles. The van der Waals surface area contributed by atoms with Crippen molar-refractivity contribution in [2.45, 2.75) is 0 Å². The summed E-state index contributed by atoms with van der Waals surface area (Å²) in [4.78, 5) is 8.33. The molecule has 0 saturated carbocycles. The zero-order chi connectivity index (χ0) is 9.15. The van der Waals surface area contributed by atoms with Gasteiger partial charge in [0, 0.05) is 23.3 Å². The molecule has 0 aliphatic heterocycles. The molecule has 12 heavy (non-hydrogen) atoms. The van der Waals surface area contributed by atoms with Crippen LogP contribution >= 0.6 is 0 Å². The van der Waals surface area contributed by atoms with Crippen molar-refractivity contribution < 1.29 is 133 Å². The molecule has 0 saturated heterocycles. The van der Waals surface area contributed by atoms with Crippen molar-refractivity contribution >= 4 is 17.0 Å². The fraction of sp³-hybridized carbons (Fsp3) is 0.667. The second-order valence-electron chi connectivity index (χ2n) is 0.992. The summed E-state index contributed by atoms with van der Waals surface area (Å²) in [6.45, 7) is 0. The quantitative estimate of drug-likeness (QED) is 0.250. The van der Waals surface area contributed by atoms with E-state index in [0.717, 1.165) is 0 Å². The Bertz CT molecular complexity index is 78.8. The van der Waals surface area contributed by atoms with Gasteiger partial charge in [0.2, 0.25) is 0 Å². The van der Waals surface area contributed by atoms with Crippen LogP contribution in [0.15, 0.2) is 0 Å². The van der Waals surface area contributed by atoms with Crippen molar-refractivity contribution in [2.75, 3.05) is 12.5 Å². The molecule has 0 atom stereocenters. The Hall–Kier alpha value is 2.61. The molecule has 0 amide bonds. The van der Waals surface area contributed by atoms with Crippen LogP contribution in [0.1, 0.15) is 0 Å². The molecule has 6 nitrogen and oxygen atoms in total. The summed E-state index contributed by atoms with van der Waals surface area (Å²) >= 11 is 0. The number of carbonyl (C=O) groups is 1. The van der Waals surface area contributed by atoms with Crippen molar-refractivity contribution in [3.63, 3.8) is 0 Å². The number of carbonyl (C=O) groups excluding carboxylic acids is 1. The van der Waals surface area contributed by atoms with Gasteiger partial charge >= 0.3 is 103 Å². The molecule has 0 rings (SSSR count). The number of hydrogen-bond acceptors (Lipinski definition) is 6. The van der Waals surface area contributed by atoms with Gasteiger partial charge in [-0.3, -0.25) is 14.7 Å². The zero-order valence-corrected chi connectivity index (χ0v) is 14.5. The van der Waals surface area contributed by atoms with Gasteiger partial charge in [0.25, 0.3) is 0 Å². The number of hydrogen-bond donors (Lipinski definition) is 2. The predicted octanol–water partition coefficient (Wildman–Crippen LogP) is -8.43. The third-order valence-electron chi connectivity index (χ3n) is 0. The maximum absolute atomic E-state index is 9.56. The van der Waals surface area contributed by atoms with Gasteiger partial charge in [-0.1, -0.05) is 0 Å². The van der Waals surface area contributed by atoms with Crippen LogP contribution in [0, 0.1) is 0 Å². The molecule has 0 aromatic heterocycles. The van der Waals surface area contributed by atoms with Crippen LogP contribution in [-0.4, -0.2) is 33.4 Å². The SMILES string of the molecule is CS(C)=O.O=C([O-])[O-].OO.[K+].[K+]. The minimum absolute atomic E-state index is 0. The molecule has 0 bridgehead atoms. The Balaban J connectivity index is -0.0000000198. The topological polar surface area (TPSA) is 121 Å². The van der Waals surface area contributed by atoms with Crippen LogP contribution in [0.3, 0.4) is 0 Å². The molecule has 2 N–H and O–H groups in total. The summed E-state index contributed by atoms with van der Waals surface area (Å²) < 4.78 is 9.56. The van der Waals surface area contributed by atoms with Crippen LogP contribution < -0.4 is 113 Å². The van der Waals surface area contributed by atoms with Crippen molar-refractivity contribution in [3.05, 3.63) is 0 Å². The second-order valence-corrected chi connectivity index (χ2v) is 2.47. The molecular formula is C3H8K2O6S. The monoisotopic (exact) mass is 250 g/mol. The Morgan fingerprint density at radius 3 is 1.17 bits per heavy atom. The second kappa shape index (κ2) is 29.2. The smallest absolute Gasteiger partial charge is 0.652 e. The molecule has 0 spiro atoms. The molecule has 0 aromatic rings. The molecule has 0 radical (unpaired) electrons. The van der Waals surface area contributed by atoms with E-state index in [2.05, 4.69) is 0 Å². The van der Waals surface area contributed by atoms with Gasteiger partial charge in [-0.15, -0.1) is 0 Å². The molecule has 0 fully saturated rings. The van der Waals surface area contributed by atoms with Gasteiger partial charge in [-0.05, 0) is 6.16 Å². The average molecular weight is 250 g/mol. The van der Waals surface area contributed by atoms with E-state index >= 15 is 0 Å². The van der Waals surface area contributed by atoms with Crippen molar-refractivity contribution in [1.29, 1.82) is 0 Å². The average Bonchev–Trinajstić information content (AvgIpc) is 1.66. The van der Waals surface area contributed by atoms with Crippen LogP contribution in [0.25, 0.3) is 0 Å². The zero-order valence-electron chi connectivity index (χ0n) is 7.44. The van der Waals surface area contributed by atoms with Crippen LogP contribution in [0.4, 0.5) is 4.79 Å².